The third-order valence-corrected chi connectivity index (χ3v) is 1.71. The number of rotatable bonds is 3. The van der Waals surface area contributed by atoms with Crippen molar-refractivity contribution in [3.05, 3.63) is 23.9 Å². The summed E-state index contributed by atoms with van der Waals surface area (Å²) in [4.78, 5) is 17.1. The lowest BCUT2D eigenvalue weighted by molar-refractivity contribution is 0.100. The lowest BCUT2D eigenvalue weighted by Crippen LogP contribution is -2.16. The molecule has 0 spiro atoms. The van der Waals surface area contributed by atoms with Gasteiger partial charge in [0.15, 0.2) is 5.78 Å². The van der Waals surface area contributed by atoms with Crippen molar-refractivity contribution in [2.75, 3.05) is 25.5 Å². The quantitative estimate of drug-likeness (QED) is 0.677. The van der Waals surface area contributed by atoms with Crippen LogP contribution >= 0.6 is 0 Å². The molecule has 0 bridgehead atoms. The van der Waals surface area contributed by atoms with E-state index >= 15 is 0 Å². The van der Waals surface area contributed by atoms with Gasteiger partial charge < -0.3 is 10.6 Å². The van der Waals surface area contributed by atoms with Gasteiger partial charge in [-0.25, -0.2) is 4.98 Å². The molecular formula is C9H13N3O. The first kappa shape index (κ1) is 9.67. The first-order valence-corrected chi connectivity index (χ1v) is 4.02. The van der Waals surface area contributed by atoms with Gasteiger partial charge >= 0.3 is 0 Å². The number of hydrogen-bond donors (Lipinski definition) is 1. The maximum absolute atomic E-state index is 11.2. The van der Waals surface area contributed by atoms with E-state index in [9.17, 15) is 4.79 Å². The summed E-state index contributed by atoms with van der Waals surface area (Å²) < 4.78 is 0. The molecule has 0 aromatic carbocycles. The average Bonchev–Trinajstić information content (AvgIpc) is 2.17. The monoisotopic (exact) mass is 179 g/mol. The van der Waals surface area contributed by atoms with E-state index in [0.29, 0.717) is 5.56 Å². The second-order valence-corrected chi connectivity index (χ2v) is 2.92. The number of Topliss-reactive ketones (excluding diaryl/α,β-unsaturated/α-hetero) is 1. The van der Waals surface area contributed by atoms with Crippen molar-refractivity contribution in [1.29, 1.82) is 0 Å². The highest BCUT2D eigenvalue weighted by atomic mass is 16.1. The van der Waals surface area contributed by atoms with Gasteiger partial charge in [0.2, 0.25) is 0 Å². The second-order valence-electron chi connectivity index (χ2n) is 2.92. The molecule has 0 radical (unpaired) electrons. The van der Waals surface area contributed by atoms with Crippen LogP contribution in [0.25, 0.3) is 0 Å². The van der Waals surface area contributed by atoms with E-state index in [4.69, 9.17) is 5.73 Å². The van der Waals surface area contributed by atoms with E-state index in [0.717, 1.165) is 5.82 Å². The SMILES string of the molecule is CN(C)c1cc(C(=O)CN)ccn1. The molecule has 1 heterocycles. The number of aromatic nitrogens is 1. The summed E-state index contributed by atoms with van der Waals surface area (Å²) in [6, 6.07) is 3.40. The van der Waals surface area contributed by atoms with Crippen LogP contribution < -0.4 is 10.6 Å². The van der Waals surface area contributed by atoms with Crippen LogP contribution in [-0.4, -0.2) is 31.4 Å². The summed E-state index contributed by atoms with van der Waals surface area (Å²) in [5.74, 6) is 0.699. The van der Waals surface area contributed by atoms with Crippen LogP contribution in [0.4, 0.5) is 5.82 Å². The van der Waals surface area contributed by atoms with E-state index in [-0.39, 0.29) is 12.3 Å². The minimum atomic E-state index is -0.0644. The molecule has 13 heavy (non-hydrogen) atoms. The van der Waals surface area contributed by atoms with Gasteiger partial charge in [0.05, 0.1) is 6.54 Å². The fourth-order valence-corrected chi connectivity index (χ4v) is 0.954. The molecule has 4 heteroatoms. The lowest BCUT2D eigenvalue weighted by Gasteiger charge is -2.11. The Kier molecular flexibility index (Phi) is 2.97. The van der Waals surface area contributed by atoms with Crippen molar-refractivity contribution in [2.24, 2.45) is 5.73 Å². The molecule has 0 saturated carbocycles. The zero-order valence-corrected chi connectivity index (χ0v) is 7.82. The Balaban J connectivity index is 2.98. The minimum absolute atomic E-state index is 0.0386. The van der Waals surface area contributed by atoms with Crippen LogP contribution in [0.1, 0.15) is 10.4 Å². The third-order valence-electron chi connectivity index (χ3n) is 1.71. The van der Waals surface area contributed by atoms with Gasteiger partial charge in [0.25, 0.3) is 0 Å². The number of carbonyl (C=O) groups is 1. The predicted octanol–water partition coefficient (Wildman–Crippen LogP) is 0.289. The summed E-state index contributed by atoms with van der Waals surface area (Å²) in [6.07, 6.45) is 1.61. The Bertz CT molecular complexity index is 309. The Morgan fingerprint density at radius 2 is 2.31 bits per heavy atom. The van der Waals surface area contributed by atoms with Crippen LogP contribution in [-0.2, 0) is 0 Å². The van der Waals surface area contributed by atoms with E-state index in [1.807, 2.05) is 19.0 Å². The summed E-state index contributed by atoms with van der Waals surface area (Å²) >= 11 is 0. The molecule has 1 aromatic heterocycles. The summed E-state index contributed by atoms with van der Waals surface area (Å²) in [5, 5.41) is 0. The lowest BCUT2D eigenvalue weighted by atomic mass is 10.2. The van der Waals surface area contributed by atoms with Gasteiger partial charge in [0.1, 0.15) is 5.82 Å². The molecule has 0 fully saturated rings. The highest BCUT2D eigenvalue weighted by molar-refractivity contribution is 5.97. The van der Waals surface area contributed by atoms with Crippen LogP contribution in [0.15, 0.2) is 18.3 Å². The standard InChI is InChI=1S/C9H13N3O/c1-12(2)9-5-7(3-4-11-9)8(13)6-10/h3-5H,6,10H2,1-2H3. The predicted molar refractivity (Wildman–Crippen MR) is 51.9 cm³/mol. The van der Waals surface area contributed by atoms with Crippen LogP contribution in [0.2, 0.25) is 0 Å². The molecule has 0 saturated heterocycles. The summed E-state index contributed by atoms with van der Waals surface area (Å²) in [6.45, 7) is 0.0386. The fraction of sp³-hybridized carbons (Fsp3) is 0.333. The number of ketones is 1. The second kappa shape index (κ2) is 4.00. The number of hydrogen-bond acceptors (Lipinski definition) is 4. The summed E-state index contributed by atoms with van der Waals surface area (Å²) in [5.41, 5.74) is 5.86. The first-order valence-electron chi connectivity index (χ1n) is 4.02. The maximum Gasteiger partial charge on any atom is 0.176 e. The molecule has 0 amide bonds. The van der Waals surface area contributed by atoms with Crippen molar-refractivity contribution >= 4 is 11.6 Å². The average molecular weight is 179 g/mol. The van der Waals surface area contributed by atoms with E-state index < -0.39 is 0 Å². The maximum atomic E-state index is 11.2. The number of anilines is 1. The Morgan fingerprint density at radius 1 is 1.62 bits per heavy atom. The molecule has 0 aliphatic heterocycles. The Morgan fingerprint density at radius 3 is 2.85 bits per heavy atom. The van der Waals surface area contributed by atoms with E-state index in [1.54, 1.807) is 18.3 Å². The highest BCUT2D eigenvalue weighted by Crippen LogP contribution is 2.09. The van der Waals surface area contributed by atoms with E-state index in [1.165, 1.54) is 0 Å². The molecular weight excluding hydrogens is 166 g/mol. The molecule has 1 aromatic rings. The van der Waals surface area contributed by atoms with Gasteiger partial charge in [-0.15, -0.1) is 0 Å². The fourth-order valence-electron chi connectivity index (χ4n) is 0.954. The Hall–Kier alpha value is -1.42. The number of nitrogens with zero attached hydrogens (tertiary/aromatic N) is 2. The molecule has 0 aliphatic carbocycles. The number of nitrogens with two attached hydrogens (primary N) is 1. The molecule has 0 unspecified atom stereocenters. The molecule has 4 nitrogen and oxygen atoms in total. The van der Waals surface area contributed by atoms with Gasteiger partial charge in [-0.2, -0.15) is 0 Å². The molecule has 0 aliphatic rings. The number of pyridine rings is 1. The smallest absolute Gasteiger partial charge is 0.176 e. The first-order chi connectivity index (χ1) is 6.15. The van der Waals surface area contributed by atoms with Crippen LogP contribution in [0.3, 0.4) is 0 Å². The molecule has 0 atom stereocenters. The van der Waals surface area contributed by atoms with Crippen LogP contribution in [0.5, 0.6) is 0 Å². The van der Waals surface area contributed by atoms with Gasteiger partial charge in [-0.3, -0.25) is 4.79 Å². The molecule has 2 N–H and O–H groups in total. The van der Waals surface area contributed by atoms with Crippen molar-refractivity contribution < 1.29 is 4.79 Å². The van der Waals surface area contributed by atoms with Crippen LogP contribution in [0, 0.1) is 0 Å². The third kappa shape index (κ3) is 2.26. The van der Waals surface area contributed by atoms with E-state index in [2.05, 4.69) is 4.98 Å². The topological polar surface area (TPSA) is 59.2 Å². The molecule has 1 rings (SSSR count). The van der Waals surface area contributed by atoms with Gasteiger partial charge in [-0.05, 0) is 12.1 Å². The van der Waals surface area contributed by atoms with Gasteiger partial charge in [0, 0.05) is 25.9 Å². The largest absolute Gasteiger partial charge is 0.363 e. The normalized spacial score (nSPS) is 9.77. The minimum Gasteiger partial charge on any atom is -0.363 e. The van der Waals surface area contributed by atoms with Crippen molar-refractivity contribution in [2.45, 2.75) is 0 Å². The highest BCUT2D eigenvalue weighted by Gasteiger charge is 2.05. The van der Waals surface area contributed by atoms with Gasteiger partial charge in [-0.1, -0.05) is 0 Å². The van der Waals surface area contributed by atoms with Crippen molar-refractivity contribution in [1.82, 2.24) is 4.98 Å². The molecule has 70 valence electrons. The number of carbonyl (C=O) groups excluding carboxylic acids is 1. The zero-order valence-electron chi connectivity index (χ0n) is 7.82. The van der Waals surface area contributed by atoms with Crippen molar-refractivity contribution in [3.63, 3.8) is 0 Å². The van der Waals surface area contributed by atoms with Crippen molar-refractivity contribution in [3.8, 4) is 0 Å². The summed E-state index contributed by atoms with van der Waals surface area (Å²) in [7, 11) is 3.75. The Labute approximate surface area is 77.4 Å². The zero-order chi connectivity index (χ0) is 9.84.